The van der Waals surface area contributed by atoms with E-state index in [0.29, 0.717) is 25.3 Å². The standard InChI is InChI=1S/C22H30N2O4/c1-15(2)8-7-11-19(25)23-13-17-12-18(22(27)28-3)21(24(17)20(26)14-23)16-9-5-4-6-10-16/h4-6,9-10,15,17-18,21H,7-8,11-14H2,1-3H3/t17-,18-,21-/m0/s1. The van der Waals surface area contributed by atoms with Crippen molar-refractivity contribution in [3.05, 3.63) is 35.9 Å². The topological polar surface area (TPSA) is 66.9 Å². The predicted molar refractivity (Wildman–Crippen MR) is 105 cm³/mol. The van der Waals surface area contributed by atoms with Crippen molar-refractivity contribution >= 4 is 17.8 Å². The molecule has 3 rings (SSSR count). The molecule has 0 aromatic heterocycles. The zero-order valence-corrected chi connectivity index (χ0v) is 17.0. The molecule has 2 aliphatic heterocycles. The van der Waals surface area contributed by atoms with E-state index in [1.165, 1.54) is 7.11 Å². The zero-order valence-electron chi connectivity index (χ0n) is 17.0. The number of ether oxygens (including phenoxy) is 1. The van der Waals surface area contributed by atoms with E-state index in [2.05, 4.69) is 13.8 Å². The van der Waals surface area contributed by atoms with Gasteiger partial charge in [-0.3, -0.25) is 14.4 Å². The van der Waals surface area contributed by atoms with Gasteiger partial charge >= 0.3 is 5.97 Å². The maximum Gasteiger partial charge on any atom is 0.311 e. The number of amides is 2. The number of carbonyl (C=O) groups is 3. The van der Waals surface area contributed by atoms with Gasteiger partial charge in [0, 0.05) is 13.0 Å². The normalized spacial score (nSPS) is 24.4. The second-order valence-corrected chi connectivity index (χ2v) is 8.24. The molecular weight excluding hydrogens is 356 g/mol. The van der Waals surface area contributed by atoms with Crippen LogP contribution >= 0.6 is 0 Å². The molecule has 0 spiro atoms. The van der Waals surface area contributed by atoms with Gasteiger partial charge in [-0.1, -0.05) is 50.6 Å². The summed E-state index contributed by atoms with van der Waals surface area (Å²) in [5.41, 5.74) is 0.936. The monoisotopic (exact) mass is 386 g/mol. The van der Waals surface area contributed by atoms with Gasteiger partial charge in [0.1, 0.15) is 0 Å². The van der Waals surface area contributed by atoms with Gasteiger partial charge in [0.15, 0.2) is 0 Å². The average Bonchev–Trinajstić information content (AvgIpc) is 3.07. The van der Waals surface area contributed by atoms with Crippen molar-refractivity contribution in [2.24, 2.45) is 11.8 Å². The predicted octanol–water partition coefficient (Wildman–Crippen LogP) is 2.79. The molecule has 0 aliphatic carbocycles. The molecule has 0 unspecified atom stereocenters. The quantitative estimate of drug-likeness (QED) is 0.705. The molecule has 3 atom stereocenters. The fourth-order valence-corrected chi connectivity index (χ4v) is 4.47. The van der Waals surface area contributed by atoms with Crippen molar-refractivity contribution in [2.75, 3.05) is 20.2 Å². The lowest BCUT2D eigenvalue weighted by molar-refractivity contribution is -0.151. The molecule has 2 heterocycles. The van der Waals surface area contributed by atoms with Crippen molar-refractivity contribution in [2.45, 2.75) is 51.6 Å². The summed E-state index contributed by atoms with van der Waals surface area (Å²) in [4.78, 5) is 41.5. The molecule has 2 fully saturated rings. The first-order valence-electron chi connectivity index (χ1n) is 10.1. The van der Waals surface area contributed by atoms with E-state index in [-0.39, 0.29) is 36.4 Å². The molecule has 28 heavy (non-hydrogen) atoms. The largest absolute Gasteiger partial charge is 0.469 e. The average molecular weight is 386 g/mol. The van der Waals surface area contributed by atoms with Crippen LogP contribution in [0.4, 0.5) is 0 Å². The second-order valence-electron chi connectivity index (χ2n) is 8.24. The third kappa shape index (κ3) is 4.21. The highest BCUT2D eigenvalue weighted by atomic mass is 16.5. The molecule has 0 N–H and O–H groups in total. The number of esters is 1. The van der Waals surface area contributed by atoms with Crippen molar-refractivity contribution in [3.8, 4) is 0 Å². The van der Waals surface area contributed by atoms with Gasteiger partial charge in [0.25, 0.3) is 0 Å². The molecule has 0 bridgehead atoms. The Labute approximate surface area is 166 Å². The SMILES string of the molecule is COC(=O)[C@H]1C[C@H]2CN(C(=O)CCCC(C)C)CC(=O)N2[C@H]1c1ccccc1. The number of hydrogen-bond donors (Lipinski definition) is 0. The number of piperazine rings is 1. The van der Waals surface area contributed by atoms with E-state index in [1.807, 2.05) is 35.2 Å². The number of hydrogen-bond acceptors (Lipinski definition) is 4. The smallest absolute Gasteiger partial charge is 0.311 e. The van der Waals surface area contributed by atoms with Gasteiger partial charge in [-0.15, -0.1) is 0 Å². The van der Waals surface area contributed by atoms with Crippen molar-refractivity contribution in [3.63, 3.8) is 0 Å². The first kappa shape index (κ1) is 20.4. The van der Waals surface area contributed by atoms with E-state index in [4.69, 9.17) is 4.74 Å². The van der Waals surface area contributed by atoms with E-state index in [1.54, 1.807) is 4.90 Å². The zero-order chi connectivity index (χ0) is 20.3. The molecule has 6 heteroatoms. The van der Waals surface area contributed by atoms with Crippen LogP contribution in [-0.2, 0) is 19.1 Å². The molecule has 152 valence electrons. The van der Waals surface area contributed by atoms with E-state index in [9.17, 15) is 14.4 Å². The van der Waals surface area contributed by atoms with Crippen LogP contribution in [0.3, 0.4) is 0 Å². The number of methoxy groups -OCH3 is 1. The molecule has 1 aromatic rings. The van der Waals surface area contributed by atoms with Crippen LogP contribution in [0.5, 0.6) is 0 Å². The summed E-state index contributed by atoms with van der Waals surface area (Å²) in [5, 5.41) is 0. The summed E-state index contributed by atoms with van der Waals surface area (Å²) in [6, 6.07) is 9.15. The first-order valence-corrected chi connectivity index (χ1v) is 10.1. The third-order valence-corrected chi connectivity index (χ3v) is 5.82. The number of nitrogens with zero attached hydrogens (tertiary/aromatic N) is 2. The summed E-state index contributed by atoms with van der Waals surface area (Å²) >= 11 is 0. The minimum Gasteiger partial charge on any atom is -0.469 e. The Bertz CT molecular complexity index is 719. The van der Waals surface area contributed by atoms with Crippen molar-refractivity contribution < 1.29 is 19.1 Å². The Hall–Kier alpha value is -2.37. The minimum atomic E-state index is -0.405. The third-order valence-electron chi connectivity index (χ3n) is 5.82. The maximum absolute atomic E-state index is 13.0. The number of fused-ring (bicyclic) bond motifs is 1. The highest BCUT2D eigenvalue weighted by molar-refractivity contribution is 5.88. The van der Waals surface area contributed by atoms with E-state index in [0.717, 1.165) is 18.4 Å². The highest BCUT2D eigenvalue weighted by Gasteiger charge is 2.51. The summed E-state index contributed by atoms with van der Waals surface area (Å²) < 4.78 is 5.02. The Kier molecular flexibility index (Phi) is 6.37. The first-order chi connectivity index (χ1) is 13.4. The van der Waals surface area contributed by atoms with Gasteiger partial charge in [-0.05, 0) is 24.3 Å². The summed E-state index contributed by atoms with van der Waals surface area (Å²) in [6.07, 6.45) is 2.84. The summed E-state index contributed by atoms with van der Waals surface area (Å²) in [6.45, 7) is 4.86. The van der Waals surface area contributed by atoms with Crippen molar-refractivity contribution in [1.29, 1.82) is 0 Å². The van der Waals surface area contributed by atoms with Crippen LogP contribution in [0.15, 0.2) is 30.3 Å². The van der Waals surface area contributed by atoms with Crippen molar-refractivity contribution in [1.82, 2.24) is 9.80 Å². The van der Waals surface area contributed by atoms with Gasteiger partial charge in [-0.2, -0.15) is 0 Å². The minimum absolute atomic E-state index is 0.0337. The molecular formula is C22H30N2O4. The molecule has 6 nitrogen and oxygen atoms in total. The Morgan fingerprint density at radius 3 is 2.57 bits per heavy atom. The fourth-order valence-electron chi connectivity index (χ4n) is 4.47. The number of rotatable bonds is 6. The van der Waals surface area contributed by atoms with E-state index >= 15 is 0 Å². The number of benzene rings is 1. The fraction of sp³-hybridized carbons (Fsp3) is 0.591. The van der Waals surface area contributed by atoms with Crippen LogP contribution in [0.25, 0.3) is 0 Å². The Morgan fingerprint density at radius 2 is 1.93 bits per heavy atom. The van der Waals surface area contributed by atoms with Crippen LogP contribution in [0.1, 0.15) is 51.1 Å². The maximum atomic E-state index is 13.0. The molecule has 2 saturated heterocycles. The van der Waals surface area contributed by atoms with Gasteiger partial charge in [-0.25, -0.2) is 0 Å². The van der Waals surface area contributed by atoms with Crippen LogP contribution in [0.2, 0.25) is 0 Å². The molecule has 2 aliphatic rings. The van der Waals surface area contributed by atoms with E-state index < -0.39 is 5.92 Å². The second kappa shape index (κ2) is 8.76. The highest BCUT2D eigenvalue weighted by Crippen LogP contribution is 2.43. The van der Waals surface area contributed by atoms with Crippen LogP contribution in [0, 0.1) is 11.8 Å². The number of carbonyl (C=O) groups excluding carboxylic acids is 3. The lowest BCUT2D eigenvalue weighted by atomic mass is 9.93. The lowest BCUT2D eigenvalue weighted by Gasteiger charge is -2.40. The summed E-state index contributed by atoms with van der Waals surface area (Å²) in [5.74, 6) is -0.197. The Balaban J connectivity index is 1.76. The molecule has 1 aromatic carbocycles. The molecule has 0 radical (unpaired) electrons. The van der Waals surface area contributed by atoms with Gasteiger partial charge in [0.2, 0.25) is 11.8 Å². The van der Waals surface area contributed by atoms with Crippen LogP contribution in [-0.4, -0.2) is 53.8 Å². The lowest BCUT2D eigenvalue weighted by Crippen LogP contribution is -2.55. The van der Waals surface area contributed by atoms with Crippen LogP contribution < -0.4 is 0 Å². The van der Waals surface area contributed by atoms with Gasteiger partial charge < -0.3 is 14.5 Å². The summed E-state index contributed by atoms with van der Waals surface area (Å²) in [7, 11) is 1.38. The molecule has 2 amide bonds. The Morgan fingerprint density at radius 1 is 1.21 bits per heavy atom. The molecule has 0 saturated carbocycles. The van der Waals surface area contributed by atoms with Gasteiger partial charge in [0.05, 0.1) is 31.7 Å².